The van der Waals surface area contributed by atoms with Gasteiger partial charge in [0.2, 0.25) is 5.91 Å². The molecule has 0 atom stereocenters. The van der Waals surface area contributed by atoms with Gasteiger partial charge in [-0.25, -0.2) is 4.39 Å². The summed E-state index contributed by atoms with van der Waals surface area (Å²) in [7, 11) is 0. The molecule has 0 aromatic heterocycles. The Morgan fingerprint density at radius 1 is 0.962 bits per heavy atom. The van der Waals surface area contributed by atoms with Crippen molar-refractivity contribution in [2.75, 3.05) is 25.4 Å². The van der Waals surface area contributed by atoms with Crippen LogP contribution in [0.15, 0.2) is 59.5 Å². The number of hydrogen-bond acceptors (Lipinski definition) is 4. The molecule has 0 fully saturated rings. The lowest BCUT2D eigenvalue weighted by atomic mass is 10.3. The summed E-state index contributed by atoms with van der Waals surface area (Å²) in [4.78, 5) is 24.3. The molecule has 0 aliphatic rings. The molecule has 2 aromatic rings. The average Bonchev–Trinajstić information content (AvgIpc) is 2.66. The molecule has 7 heteroatoms. The maximum atomic E-state index is 12.8. The lowest BCUT2D eigenvalue weighted by Gasteiger charge is -2.08. The maximum Gasteiger partial charge on any atom is 0.258 e. The molecule has 138 valence electrons. The van der Waals surface area contributed by atoms with Gasteiger partial charge in [0.15, 0.2) is 6.61 Å². The van der Waals surface area contributed by atoms with Gasteiger partial charge in [-0.05, 0) is 48.6 Å². The lowest BCUT2D eigenvalue weighted by molar-refractivity contribution is -0.127. The summed E-state index contributed by atoms with van der Waals surface area (Å²) in [6, 6.07) is 15.3. The third kappa shape index (κ3) is 8.02. The van der Waals surface area contributed by atoms with E-state index in [1.54, 1.807) is 36.0 Å². The van der Waals surface area contributed by atoms with Crippen LogP contribution in [-0.2, 0) is 9.59 Å². The largest absolute Gasteiger partial charge is 0.484 e. The van der Waals surface area contributed by atoms with Gasteiger partial charge in [0, 0.05) is 11.4 Å². The topological polar surface area (TPSA) is 67.4 Å². The number of carbonyl (C=O) groups is 2. The minimum Gasteiger partial charge on any atom is -0.484 e. The second-order valence-corrected chi connectivity index (χ2v) is 6.55. The molecule has 0 spiro atoms. The fourth-order valence-corrected chi connectivity index (χ4v) is 2.83. The summed E-state index contributed by atoms with van der Waals surface area (Å²) >= 11 is 1.60. The van der Waals surface area contributed by atoms with Gasteiger partial charge in [-0.2, -0.15) is 0 Å². The molecule has 0 radical (unpaired) electrons. The molecule has 2 N–H and O–H groups in total. The number of nitrogens with one attached hydrogen (secondary N) is 2. The molecule has 0 aliphatic heterocycles. The SMILES string of the molecule is O=C(CNC(=O)COc1ccccc1)NCCCSc1ccc(F)cc1. The van der Waals surface area contributed by atoms with Gasteiger partial charge in [-0.3, -0.25) is 9.59 Å². The van der Waals surface area contributed by atoms with Crippen LogP contribution >= 0.6 is 11.8 Å². The van der Waals surface area contributed by atoms with E-state index in [0.29, 0.717) is 12.3 Å². The van der Waals surface area contributed by atoms with Crippen molar-refractivity contribution in [2.24, 2.45) is 0 Å². The number of ether oxygens (including phenoxy) is 1. The van der Waals surface area contributed by atoms with Crippen LogP contribution in [0.25, 0.3) is 0 Å². The zero-order valence-electron chi connectivity index (χ0n) is 14.2. The molecule has 2 amide bonds. The Morgan fingerprint density at radius 2 is 1.69 bits per heavy atom. The highest BCUT2D eigenvalue weighted by molar-refractivity contribution is 7.99. The van der Waals surface area contributed by atoms with E-state index in [4.69, 9.17) is 4.74 Å². The molecule has 26 heavy (non-hydrogen) atoms. The van der Waals surface area contributed by atoms with Crippen LogP contribution in [0.1, 0.15) is 6.42 Å². The molecule has 0 aliphatic carbocycles. The highest BCUT2D eigenvalue weighted by Crippen LogP contribution is 2.18. The van der Waals surface area contributed by atoms with Crippen molar-refractivity contribution >= 4 is 23.6 Å². The van der Waals surface area contributed by atoms with E-state index >= 15 is 0 Å². The smallest absolute Gasteiger partial charge is 0.258 e. The van der Waals surface area contributed by atoms with E-state index in [2.05, 4.69) is 10.6 Å². The normalized spacial score (nSPS) is 10.2. The van der Waals surface area contributed by atoms with E-state index in [1.165, 1.54) is 12.1 Å². The Labute approximate surface area is 156 Å². The first kappa shape index (κ1) is 19.8. The number of para-hydroxylation sites is 1. The van der Waals surface area contributed by atoms with E-state index in [-0.39, 0.29) is 30.8 Å². The summed E-state index contributed by atoms with van der Waals surface area (Å²) in [6.07, 6.45) is 0.777. The van der Waals surface area contributed by atoms with Gasteiger partial charge >= 0.3 is 0 Å². The number of hydrogen-bond donors (Lipinski definition) is 2. The van der Waals surface area contributed by atoms with Gasteiger partial charge < -0.3 is 15.4 Å². The second-order valence-electron chi connectivity index (χ2n) is 5.38. The lowest BCUT2D eigenvalue weighted by Crippen LogP contribution is -2.39. The highest BCUT2D eigenvalue weighted by atomic mass is 32.2. The van der Waals surface area contributed by atoms with Gasteiger partial charge in [-0.15, -0.1) is 11.8 Å². The predicted molar refractivity (Wildman–Crippen MR) is 99.7 cm³/mol. The Hall–Kier alpha value is -2.54. The maximum absolute atomic E-state index is 12.8. The number of benzene rings is 2. The molecule has 0 unspecified atom stereocenters. The zero-order chi connectivity index (χ0) is 18.6. The van der Waals surface area contributed by atoms with Crippen LogP contribution in [0.2, 0.25) is 0 Å². The van der Waals surface area contributed by atoms with Gasteiger partial charge in [-0.1, -0.05) is 18.2 Å². The van der Waals surface area contributed by atoms with Crippen LogP contribution in [0, 0.1) is 5.82 Å². The molecule has 2 aromatic carbocycles. The molecule has 0 bridgehead atoms. The van der Waals surface area contributed by atoms with Crippen LogP contribution < -0.4 is 15.4 Å². The minimum atomic E-state index is -0.351. The average molecular weight is 376 g/mol. The summed E-state index contributed by atoms with van der Waals surface area (Å²) < 4.78 is 18.1. The Balaban J connectivity index is 1.50. The van der Waals surface area contributed by atoms with Crippen molar-refractivity contribution < 1.29 is 18.7 Å². The van der Waals surface area contributed by atoms with Crippen molar-refractivity contribution in [1.82, 2.24) is 10.6 Å². The molecular formula is C19H21FN2O3S. The fraction of sp³-hybridized carbons (Fsp3) is 0.263. The van der Waals surface area contributed by atoms with Crippen LogP contribution in [0.4, 0.5) is 4.39 Å². The number of halogens is 1. The Morgan fingerprint density at radius 3 is 2.42 bits per heavy atom. The van der Waals surface area contributed by atoms with E-state index in [0.717, 1.165) is 17.1 Å². The summed E-state index contributed by atoms with van der Waals surface area (Å²) in [5, 5.41) is 5.25. The monoisotopic (exact) mass is 376 g/mol. The molecule has 0 heterocycles. The van der Waals surface area contributed by atoms with Gasteiger partial charge in [0.1, 0.15) is 11.6 Å². The molecule has 0 saturated heterocycles. The third-order valence-electron chi connectivity index (χ3n) is 3.28. The third-order valence-corrected chi connectivity index (χ3v) is 4.38. The second kappa shape index (κ2) is 11.1. The number of amides is 2. The Bertz CT molecular complexity index is 696. The van der Waals surface area contributed by atoms with Crippen LogP contribution in [0.3, 0.4) is 0 Å². The van der Waals surface area contributed by atoms with Crippen molar-refractivity contribution in [2.45, 2.75) is 11.3 Å². The van der Waals surface area contributed by atoms with Crippen molar-refractivity contribution in [3.05, 3.63) is 60.4 Å². The molecule has 2 rings (SSSR count). The summed E-state index contributed by atoms with van der Waals surface area (Å²) in [6.45, 7) is 0.303. The fourth-order valence-electron chi connectivity index (χ4n) is 1.98. The predicted octanol–water partition coefficient (Wildman–Crippen LogP) is 2.62. The Kier molecular flexibility index (Phi) is 8.48. The van der Waals surface area contributed by atoms with Gasteiger partial charge in [0.05, 0.1) is 6.54 Å². The number of thioether (sulfide) groups is 1. The van der Waals surface area contributed by atoms with E-state index in [9.17, 15) is 14.0 Å². The summed E-state index contributed by atoms with van der Waals surface area (Å²) in [5.74, 6) is 0.563. The quantitative estimate of drug-likeness (QED) is 0.494. The summed E-state index contributed by atoms with van der Waals surface area (Å²) in [5.41, 5.74) is 0. The first-order valence-corrected chi connectivity index (χ1v) is 9.21. The van der Waals surface area contributed by atoms with E-state index in [1.807, 2.05) is 18.2 Å². The highest BCUT2D eigenvalue weighted by Gasteiger charge is 2.06. The molecular weight excluding hydrogens is 355 g/mol. The van der Waals surface area contributed by atoms with E-state index < -0.39 is 0 Å². The standard InChI is InChI=1S/C19H21FN2O3S/c20-15-7-9-17(10-8-15)26-12-4-11-21-18(23)13-22-19(24)14-25-16-5-2-1-3-6-16/h1-3,5-10H,4,11-14H2,(H,21,23)(H,22,24). The van der Waals surface area contributed by atoms with Crippen molar-refractivity contribution in [3.8, 4) is 5.75 Å². The van der Waals surface area contributed by atoms with Crippen molar-refractivity contribution in [1.29, 1.82) is 0 Å². The first-order valence-electron chi connectivity index (χ1n) is 8.23. The van der Waals surface area contributed by atoms with Crippen molar-refractivity contribution in [3.63, 3.8) is 0 Å². The zero-order valence-corrected chi connectivity index (χ0v) is 15.1. The van der Waals surface area contributed by atoms with Crippen LogP contribution in [-0.4, -0.2) is 37.3 Å². The van der Waals surface area contributed by atoms with Crippen LogP contribution in [0.5, 0.6) is 5.75 Å². The number of rotatable bonds is 10. The molecule has 0 saturated carbocycles. The first-order chi connectivity index (χ1) is 12.6. The van der Waals surface area contributed by atoms with Gasteiger partial charge in [0.25, 0.3) is 5.91 Å². The minimum absolute atomic E-state index is 0.0813. The number of carbonyl (C=O) groups excluding carboxylic acids is 2. The molecule has 5 nitrogen and oxygen atoms in total.